The van der Waals surface area contributed by atoms with Gasteiger partial charge < -0.3 is 9.47 Å². The van der Waals surface area contributed by atoms with Gasteiger partial charge in [-0.05, 0) is 36.1 Å². The van der Waals surface area contributed by atoms with Gasteiger partial charge in [0, 0.05) is 17.7 Å². The minimum atomic E-state index is -0.302. The summed E-state index contributed by atoms with van der Waals surface area (Å²) in [6.07, 6.45) is 2.09. The summed E-state index contributed by atoms with van der Waals surface area (Å²) >= 11 is 3.44. The fourth-order valence-electron chi connectivity index (χ4n) is 1.52. The molecular weight excluding hydrogens is 332 g/mol. The molecule has 0 N–H and O–H groups in total. The maximum Gasteiger partial charge on any atom is 0.120 e. The Hall–Kier alpha value is -0.323. The highest BCUT2D eigenvalue weighted by Gasteiger charge is 2.23. The zero-order valence-corrected chi connectivity index (χ0v) is 15.6. The van der Waals surface area contributed by atoms with Crippen molar-refractivity contribution in [1.82, 2.24) is 0 Å². The summed E-state index contributed by atoms with van der Waals surface area (Å²) in [7, 11) is -0.302. The van der Waals surface area contributed by atoms with E-state index in [1.54, 1.807) is 0 Å². The molecule has 1 aromatic carbocycles. The lowest BCUT2D eigenvalue weighted by atomic mass is 10.2. The Morgan fingerprint density at radius 1 is 1.15 bits per heavy atom. The Labute approximate surface area is 133 Å². The zero-order valence-electron chi connectivity index (χ0n) is 13.0. The quantitative estimate of drug-likeness (QED) is 0.448. The van der Waals surface area contributed by atoms with Crippen molar-refractivity contribution in [2.24, 2.45) is 0 Å². The van der Waals surface area contributed by atoms with Crippen molar-refractivity contribution in [3.05, 3.63) is 28.7 Å². The summed E-state index contributed by atoms with van der Waals surface area (Å²) in [6, 6.07) is 7.96. The lowest BCUT2D eigenvalue weighted by Crippen LogP contribution is -2.26. The molecule has 0 unspecified atom stereocenters. The largest absolute Gasteiger partial charge is 0.494 e. The first kappa shape index (κ1) is 17.7. The van der Waals surface area contributed by atoms with Crippen LogP contribution >= 0.6 is 15.9 Å². The average Bonchev–Trinajstić information content (AvgIpc) is 2.37. The van der Waals surface area contributed by atoms with E-state index in [0.717, 1.165) is 42.9 Å². The molecule has 0 aromatic heterocycles. The van der Waals surface area contributed by atoms with Crippen molar-refractivity contribution in [2.75, 3.05) is 19.8 Å². The molecule has 0 amide bonds. The van der Waals surface area contributed by atoms with E-state index in [1.165, 1.54) is 0 Å². The van der Waals surface area contributed by atoms with Crippen molar-refractivity contribution in [3.8, 4) is 5.75 Å². The van der Waals surface area contributed by atoms with E-state index >= 15 is 0 Å². The second kappa shape index (κ2) is 8.85. The number of hydrogen-bond acceptors (Lipinski definition) is 2. The second-order valence-electron chi connectivity index (χ2n) is 5.95. The number of halogens is 1. The number of ether oxygens (including phenoxy) is 2. The molecule has 0 atom stereocenters. The smallest absolute Gasteiger partial charge is 0.120 e. The Morgan fingerprint density at radius 3 is 2.50 bits per heavy atom. The third-order valence-corrected chi connectivity index (χ3v) is 6.91. The summed E-state index contributed by atoms with van der Waals surface area (Å²) in [5, 5.41) is 0.359. The van der Waals surface area contributed by atoms with Gasteiger partial charge in [-0.2, -0.15) is 0 Å². The maximum absolute atomic E-state index is 5.79. The highest BCUT2D eigenvalue weighted by molar-refractivity contribution is 9.10. The van der Waals surface area contributed by atoms with Crippen LogP contribution in [0.25, 0.3) is 0 Å². The maximum atomic E-state index is 5.79. The molecule has 0 aliphatic heterocycles. The van der Waals surface area contributed by atoms with Crippen LogP contribution in [-0.4, -0.2) is 28.6 Å². The van der Waals surface area contributed by atoms with Crippen LogP contribution in [0.4, 0.5) is 0 Å². The number of benzene rings is 1. The van der Waals surface area contributed by atoms with E-state index < -0.39 is 0 Å². The molecule has 0 saturated carbocycles. The van der Waals surface area contributed by atoms with Crippen molar-refractivity contribution in [2.45, 2.75) is 44.8 Å². The Morgan fingerprint density at radius 2 is 1.85 bits per heavy atom. The second-order valence-corrected chi connectivity index (χ2v) is 10.2. The SMILES string of the molecule is C[Si](C)C(C)(C)COCCCCOc1cccc(Br)c1. The van der Waals surface area contributed by atoms with Crippen molar-refractivity contribution in [1.29, 1.82) is 0 Å². The number of hydrogen-bond donors (Lipinski definition) is 0. The monoisotopic (exact) mass is 357 g/mol. The van der Waals surface area contributed by atoms with Crippen LogP contribution < -0.4 is 4.74 Å². The molecule has 0 fully saturated rings. The molecule has 0 bridgehead atoms. The molecule has 1 radical (unpaired) electrons. The number of unbranched alkanes of at least 4 members (excludes halogenated alkanes) is 1. The van der Waals surface area contributed by atoms with Crippen molar-refractivity contribution in [3.63, 3.8) is 0 Å². The van der Waals surface area contributed by atoms with Gasteiger partial charge in [0.1, 0.15) is 5.75 Å². The third-order valence-electron chi connectivity index (χ3n) is 3.56. The molecule has 1 aromatic rings. The molecule has 0 spiro atoms. The van der Waals surface area contributed by atoms with E-state index in [9.17, 15) is 0 Å². The van der Waals surface area contributed by atoms with E-state index in [1.807, 2.05) is 24.3 Å². The Bertz CT molecular complexity index is 394. The van der Waals surface area contributed by atoms with Crippen LogP contribution in [0.2, 0.25) is 18.1 Å². The van der Waals surface area contributed by atoms with Crippen LogP contribution in [-0.2, 0) is 4.74 Å². The first-order chi connectivity index (χ1) is 9.42. The van der Waals surface area contributed by atoms with Gasteiger partial charge in [0.2, 0.25) is 0 Å². The van der Waals surface area contributed by atoms with Gasteiger partial charge in [0.15, 0.2) is 0 Å². The standard InChI is InChI=1S/C16H26BrO2Si/c1-16(2,20(3)4)13-18-10-5-6-11-19-15-9-7-8-14(17)12-15/h7-9,12H,5-6,10-11,13H2,1-4H3. The van der Waals surface area contributed by atoms with E-state index in [0.29, 0.717) is 5.04 Å². The molecule has 0 saturated heterocycles. The first-order valence-electron chi connectivity index (χ1n) is 7.18. The van der Waals surface area contributed by atoms with Crippen molar-refractivity contribution >= 4 is 24.7 Å². The fraction of sp³-hybridized carbons (Fsp3) is 0.625. The molecule has 4 heteroatoms. The highest BCUT2D eigenvalue weighted by Crippen LogP contribution is 2.28. The molecule has 0 aliphatic rings. The summed E-state index contributed by atoms with van der Waals surface area (Å²) < 4.78 is 12.5. The zero-order chi connectivity index (χ0) is 15.0. The fourth-order valence-corrected chi connectivity index (χ4v) is 2.29. The summed E-state index contributed by atoms with van der Waals surface area (Å²) in [5.74, 6) is 0.922. The summed E-state index contributed by atoms with van der Waals surface area (Å²) in [5.41, 5.74) is 0. The minimum absolute atomic E-state index is 0.302. The Kier molecular flexibility index (Phi) is 7.85. The van der Waals surface area contributed by atoms with Crippen LogP contribution in [0.1, 0.15) is 26.7 Å². The van der Waals surface area contributed by atoms with Gasteiger partial charge in [-0.15, -0.1) is 0 Å². The van der Waals surface area contributed by atoms with Gasteiger partial charge >= 0.3 is 0 Å². The van der Waals surface area contributed by atoms with Gasteiger partial charge in [0.25, 0.3) is 0 Å². The van der Waals surface area contributed by atoms with Crippen LogP contribution in [0.15, 0.2) is 28.7 Å². The van der Waals surface area contributed by atoms with Crippen LogP contribution in [0.5, 0.6) is 5.75 Å². The number of rotatable bonds is 9. The minimum Gasteiger partial charge on any atom is -0.494 e. The molecular formula is C16H26BrO2Si. The molecule has 1 rings (SSSR count). The van der Waals surface area contributed by atoms with Gasteiger partial charge in [-0.3, -0.25) is 0 Å². The van der Waals surface area contributed by atoms with Gasteiger partial charge in [-0.25, -0.2) is 0 Å². The highest BCUT2D eigenvalue weighted by atomic mass is 79.9. The molecule has 0 heterocycles. The summed E-state index contributed by atoms with van der Waals surface area (Å²) in [6.45, 7) is 11.8. The predicted molar refractivity (Wildman–Crippen MR) is 91.2 cm³/mol. The lowest BCUT2D eigenvalue weighted by molar-refractivity contribution is 0.107. The van der Waals surface area contributed by atoms with E-state index in [2.05, 4.69) is 42.9 Å². The van der Waals surface area contributed by atoms with Crippen LogP contribution in [0, 0.1) is 0 Å². The third kappa shape index (κ3) is 6.91. The topological polar surface area (TPSA) is 18.5 Å². The average molecular weight is 358 g/mol. The van der Waals surface area contributed by atoms with Crippen molar-refractivity contribution < 1.29 is 9.47 Å². The van der Waals surface area contributed by atoms with Crippen LogP contribution in [0.3, 0.4) is 0 Å². The normalized spacial score (nSPS) is 11.9. The van der Waals surface area contributed by atoms with Gasteiger partial charge in [-0.1, -0.05) is 48.9 Å². The molecule has 113 valence electrons. The predicted octanol–water partition coefficient (Wildman–Crippen LogP) is 5.16. The molecule has 0 aliphatic carbocycles. The summed E-state index contributed by atoms with van der Waals surface area (Å²) in [4.78, 5) is 0. The van der Waals surface area contributed by atoms with Gasteiger partial charge in [0.05, 0.1) is 15.4 Å². The van der Waals surface area contributed by atoms with E-state index in [-0.39, 0.29) is 8.80 Å². The first-order valence-corrected chi connectivity index (χ1v) is 10.5. The Balaban J connectivity index is 2.06. The van der Waals surface area contributed by atoms with E-state index in [4.69, 9.17) is 9.47 Å². The lowest BCUT2D eigenvalue weighted by Gasteiger charge is -2.27. The molecule has 2 nitrogen and oxygen atoms in total. The molecule has 20 heavy (non-hydrogen) atoms.